The molecule has 0 aromatic carbocycles. The molecule has 0 amide bonds. The van der Waals surface area contributed by atoms with Crippen molar-refractivity contribution in [3.05, 3.63) is 0 Å². The van der Waals surface area contributed by atoms with Crippen LogP contribution in [-0.4, -0.2) is 37.1 Å². The van der Waals surface area contributed by atoms with Gasteiger partial charge in [-0.3, -0.25) is 0 Å². The van der Waals surface area contributed by atoms with Gasteiger partial charge in [0.1, 0.15) is 0 Å². The van der Waals surface area contributed by atoms with E-state index >= 15 is 0 Å². The van der Waals surface area contributed by atoms with Crippen molar-refractivity contribution in [2.24, 2.45) is 5.92 Å². The molecule has 2 heteroatoms. The molecule has 1 saturated carbocycles. The van der Waals surface area contributed by atoms with E-state index in [-0.39, 0.29) is 0 Å². The Bertz CT molecular complexity index is 185. The topological polar surface area (TPSA) is 15.3 Å². The highest BCUT2D eigenvalue weighted by molar-refractivity contribution is 4.83. The van der Waals surface area contributed by atoms with E-state index in [2.05, 4.69) is 17.1 Å². The fraction of sp³-hybridized carbons (Fsp3) is 1.00. The number of nitrogens with one attached hydrogen (secondary N) is 1. The lowest BCUT2D eigenvalue weighted by atomic mass is 10.1. The van der Waals surface area contributed by atoms with Crippen LogP contribution in [0.4, 0.5) is 0 Å². The number of hydrogen-bond acceptors (Lipinski definition) is 2. The average molecular weight is 224 g/mol. The molecule has 0 radical (unpaired) electrons. The van der Waals surface area contributed by atoms with E-state index in [4.69, 9.17) is 0 Å². The van der Waals surface area contributed by atoms with E-state index < -0.39 is 0 Å². The third-order valence-corrected chi connectivity index (χ3v) is 4.34. The molecule has 1 N–H and O–H groups in total. The molecule has 0 spiro atoms. The standard InChI is InChI=1S/C14H28N2/c1-2-15-11-13-9-10-16(12-13)14-7-5-3-4-6-8-14/h13-15H,2-12H2,1H3. The molecular weight excluding hydrogens is 196 g/mol. The van der Waals surface area contributed by atoms with Crippen LogP contribution in [0.1, 0.15) is 51.9 Å². The lowest BCUT2D eigenvalue weighted by molar-refractivity contribution is 0.213. The van der Waals surface area contributed by atoms with Crippen LogP contribution in [-0.2, 0) is 0 Å². The molecule has 2 rings (SSSR count). The molecule has 0 aromatic heterocycles. The van der Waals surface area contributed by atoms with Crippen LogP contribution in [0.15, 0.2) is 0 Å². The quantitative estimate of drug-likeness (QED) is 0.739. The zero-order valence-corrected chi connectivity index (χ0v) is 10.9. The van der Waals surface area contributed by atoms with E-state index in [1.807, 2.05) is 0 Å². The summed E-state index contributed by atoms with van der Waals surface area (Å²) in [5, 5.41) is 3.50. The van der Waals surface area contributed by atoms with Crippen molar-refractivity contribution in [1.29, 1.82) is 0 Å². The first kappa shape index (κ1) is 12.4. The fourth-order valence-corrected chi connectivity index (χ4v) is 3.33. The van der Waals surface area contributed by atoms with E-state index in [9.17, 15) is 0 Å². The van der Waals surface area contributed by atoms with Gasteiger partial charge in [-0.25, -0.2) is 0 Å². The third kappa shape index (κ3) is 3.46. The van der Waals surface area contributed by atoms with Gasteiger partial charge in [-0.05, 0) is 44.8 Å². The van der Waals surface area contributed by atoms with Crippen molar-refractivity contribution in [3.8, 4) is 0 Å². The smallest absolute Gasteiger partial charge is 0.00953 e. The minimum Gasteiger partial charge on any atom is -0.317 e. The van der Waals surface area contributed by atoms with Gasteiger partial charge in [0.25, 0.3) is 0 Å². The monoisotopic (exact) mass is 224 g/mol. The van der Waals surface area contributed by atoms with Gasteiger partial charge in [-0.15, -0.1) is 0 Å². The summed E-state index contributed by atoms with van der Waals surface area (Å²) in [7, 11) is 0. The molecule has 1 unspecified atom stereocenters. The van der Waals surface area contributed by atoms with Gasteiger partial charge < -0.3 is 10.2 Å². The van der Waals surface area contributed by atoms with Crippen LogP contribution >= 0.6 is 0 Å². The summed E-state index contributed by atoms with van der Waals surface area (Å²) in [6.07, 6.45) is 10.2. The lowest BCUT2D eigenvalue weighted by Crippen LogP contribution is -2.34. The average Bonchev–Trinajstić information content (AvgIpc) is 2.60. The van der Waals surface area contributed by atoms with Crippen molar-refractivity contribution in [1.82, 2.24) is 10.2 Å². The second-order valence-electron chi connectivity index (χ2n) is 5.60. The molecule has 0 aromatic rings. The van der Waals surface area contributed by atoms with Crippen LogP contribution in [0.25, 0.3) is 0 Å². The Labute approximate surface area is 101 Å². The predicted molar refractivity (Wildman–Crippen MR) is 69.7 cm³/mol. The Morgan fingerprint density at radius 3 is 2.50 bits per heavy atom. The molecular formula is C14H28N2. The van der Waals surface area contributed by atoms with E-state index in [1.165, 1.54) is 64.6 Å². The van der Waals surface area contributed by atoms with E-state index in [0.717, 1.165) is 18.5 Å². The summed E-state index contributed by atoms with van der Waals surface area (Å²) >= 11 is 0. The third-order valence-electron chi connectivity index (χ3n) is 4.34. The Kier molecular flexibility index (Phi) is 5.11. The molecule has 0 bridgehead atoms. The minimum atomic E-state index is 0.920. The first-order chi connectivity index (χ1) is 7.90. The van der Waals surface area contributed by atoms with Gasteiger partial charge in [0.2, 0.25) is 0 Å². The second kappa shape index (κ2) is 6.61. The molecule has 2 fully saturated rings. The van der Waals surface area contributed by atoms with Gasteiger partial charge in [-0.1, -0.05) is 32.6 Å². The maximum Gasteiger partial charge on any atom is 0.00953 e. The molecule has 1 aliphatic heterocycles. The van der Waals surface area contributed by atoms with Crippen LogP contribution in [0.2, 0.25) is 0 Å². The fourth-order valence-electron chi connectivity index (χ4n) is 3.33. The number of nitrogens with zero attached hydrogens (tertiary/aromatic N) is 1. The van der Waals surface area contributed by atoms with Gasteiger partial charge in [0.05, 0.1) is 0 Å². The summed E-state index contributed by atoms with van der Waals surface area (Å²) in [6, 6.07) is 0.925. The summed E-state index contributed by atoms with van der Waals surface area (Å²) in [5.41, 5.74) is 0. The summed E-state index contributed by atoms with van der Waals surface area (Å²) in [5.74, 6) is 0.920. The number of hydrogen-bond donors (Lipinski definition) is 1. The molecule has 94 valence electrons. The SMILES string of the molecule is CCNCC1CCN(C2CCCCCC2)C1. The molecule has 16 heavy (non-hydrogen) atoms. The van der Waals surface area contributed by atoms with Crippen molar-refractivity contribution in [3.63, 3.8) is 0 Å². The lowest BCUT2D eigenvalue weighted by Gasteiger charge is -2.26. The Morgan fingerprint density at radius 1 is 1.06 bits per heavy atom. The van der Waals surface area contributed by atoms with Crippen molar-refractivity contribution < 1.29 is 0 Å². The molecule has 1 atom stereocenters. The van der Waals surface area contributed by atoms with Crippen LogP contribution in [0, 0.1) is 5.92 Å². The zero-order chi connectivity index (χ0) is 11.2. The molecule has 1 aliphatic carbocycles. The largest absolute Gasteiger partial charge is 0.317 e. The van der Waals surface area contributed by atoms with Gasteiger partial charge >= 0.3 is 0 Å². The molecule has 1 saturated heterocycles. The first-order valence-electron chi connectivity index (χ1n) is 7.35. The van der Waals surface area contributed by atoms with Crippen LogP contribution in [0.3, 0.4) is 0 Å². The summed E-state index contributed by atoms with van der Waals surface area (Å²) in [6.45, 7) is 7.29. The van der Waals surface area contributed by atoms with Crippen molar-refractivity contribution in [2.75, 3.05) is 26.2 Å². The highest BCUT2D eigenvalue weighted by Crippen LogP contribution is 2.26. The van der Waals surface area contributed by atoms with E-state index in [0.29, 0.717) is 0 Å². The van der Waals surface area contributed by atoms with Crippen molar-refractivity contribution in [2.45, 2.75) is 57.9 Å². The zero-order valence-electron chi connectivity index (χ0n) is 10.9. The highest BCUT2D eigenvalue weighted by atomic mass is 15.2. The Balaban J connectivity index is 1.73. The Hall–Kier alpha value is -0.0800. The highest BCUT2D eigenvalue weighted by Gasteiger charge is 2.27. The summed E-state index contributed by atoms with van der Waals surface area (Å²) < 4.78 is 0. The summed E-state index contributed by atoms with van der Waals surface area (Å²) in [4.78, 5) is 2.79. The van der Waals surface area contributed by atoms with E-state index in [1.54, 1.807) is 0 Å². The maximum absolute atomic E-state index is 3.50. The van der Waals surface area contributed by atoms with Crippen molar-refractivity contribution >= 4 is 0 Å². The second-order valence-corrected chi connectivity index (χ2v) is 5.60. The number of rotatable bonds is 4. The molecule has 2 aliphatic rings. The number of likely N-dealkylation sites (tertiary alicyclic amines) is 1. The molecule has 1 heterocycles. The van der Waals surface area contributed by atoms with Crippen LogP contribution < -0.4 is 5.32 Å². The van der Waals surface area contributed by atoms with Gasteiger partial charge in [0.15, 0.2) is 0 Å². The maximum atomic E-state index is 3.50. The normalized spacial score (nSPS) is 29.4. The Morgan fingerprint density at radius 2 is 1.81 bits per heavy atom. The van der Waals surface area contributed by atoms with Gasteiger partial charge in [0, 0.05) is 12.6 Å². The van der Waals surface area contributed by atoms with Crippen LogP contribution in [0.5, 0.6) is 0 Å². The van der Waals surface area contributed by atoms with Gasteiger partial charge in [-0.2, -0.15) is 0 Å². The molecule has 2 nitrogen and oxygen atoms in total. The first-order valence-corrected chi connectivity index (χ1v) is 7.35. The predicted octanol–water partition coefficient (Wildman–Crippen LogP) is 2.64. The minimum absolute atomic E-state index is 0.920.